The molecule has 1 aromatic carbocycles. The van der Waals surface area contributed by atoms with Crippen LogP contribution in [-0.2, 0) is 12.8 Å². The zero-order valence-electron chi connectivity index (χ0n) is 9.37. The predicted octanol–water partition coefficient (Wildman–Crippen LogP) is 3.58. The van der Waals surface area contributed by atoms with Crippen molar-refractivity contribution in [3.8, 4) is 0 Å². The Morgan fingerprint density at radius 3 is 2.88 bits per heavy atom. The summed E-state index contributed by atoms with van der Waals surface area (Å²) in [6, 6.07) is 5.49. The lowest BCUT2D eigenvalue weighted by Gasteiger charge is -2.17. The second-order valence-electron chi connectivity index (χ2n) is 4.45. The fraction of sp³-hybridized carbons (Fsp3) is 0.286. The lowest BCUT2D eigenvalue weighted by atomic mass is 9.94. The fourth-order valence-corrected chi connectivity index (χ4v) is 2.82. The number of carbonyl (C=O) groups is 1. The number of carbonyl (C=O) groups excluding carboxylic acids is 1. The lowest BCUT2D eigenvalue weighted by Crippen LogP contribution is -2.06. The van der Waals surface area contributed by atoms with Crippen molar-refractivity contribution in [3.63, 3.8) is 0 Å². The Bertz CT molecular complexity index is 607. The molecule has 1 aliphatic rings. The molecule has 2 nitrogen and oxygen atoms in total. The standard InChI is InChI=1S/C14H12ClNO/c15-14-10-3-1-2-4-12(10)16-13-7-9(8-17)5-6-11(13)14/h5-8H,1-4H2. The van der Waals surface area contributed by atoms with Gasteiger partial charge in [0.15, 0.2) is 0 Å². The van der Waals surface area contributed by atoms with Crippen LogP contribution in [0.3, 0.4) is 0 Å². The normalized spacial score (nSPS) is 14.6. The van der Waals surface area contributed by atoms with Crippen molar-refractivity contribution in [3.05, 3.63) is 40.0 Å². The smallest absolute Gasteiger partial charge is 0.150 e. The molecule has 0 N–H and O–H groups in total. The largest absolute Gasteiger partial charge is 0.298 e. The number of fused-ring (bicyclic) bond motifs is 2. The van der Waals surface area contributed by atoms with Gasteiger partial charge in [0, 0.05) is 16.6 Å². The lowest BCUT2D eigenvalue weighted by molar-refractivity contribution is 0.112. The summed E-state index contributed by atoms with van der Waals surface area (Å²) in [6.07, 6.45) is 5.22. The molecule has 0 amide bonds. The van der Waals surface area contributed by atoms with Crippen LogP contribution in [0.1, 0.15) is 34.5 Å². The number of pyridine rings is 1. The van der Waals surface area contributed by atoms with E-state index >= 15 is 0 Å². The SMILES string of the molecule is O=Cc1ccc2c(Cl)c3c(nc2c1)CCCC3. The third-order valence-electron chi connectivity index (χ3n) is 3.35. The van der Waals surface area contributed by atoms with Crippen LogP contribution < -0.4 is 0 Å². The molecule has 1 aromatic heterocycles. The number of nitrogens with zero attached hydrogens (tertiary/aromatic N) is 1. The highest BCUT2D eigenvalue weighted by Crippen LogP contribution is 2.32. The van der Waals surface area contributed by atoms with Crippen molar-refractivity contribution in [1.82, 2.24) is 4.98 Å². The molecule has 0 saturated carbocycles. The maximum Gasteiger partial charge on any atom is 0.150 e. The van der Waals surface area contributed by atoms with E-state index in [4.69, 9.17) is 11.6 Å². The topological polar surface area (TPSA) is 30.0 Å². The second kappa shape index (κ2) is 4.11. The van der Waals surface area contributed by atoms with E-state index < -0.39 is 0 Å². The summed E-state index contributed by atoms with van der Waals surface area (Å²) >= 11 is 6.43. The van der Waals surface area contributed by atoms with Crippen LogP contribution in [0.4, 0.5) is 0 Å². The Balaban J connectivity index is 2.31. The summed E-state index contributed by atoms with van der Waals surface area (Å²) in [5.74, 6) is 0. The van der Waals surface area contributed by atoms with E-state index in [-0.39, 0.29) is 0 Å². The quantitative estimate of drug-likeness (QED) is 0.719. The molecule has 0 unspecified atom stereocenters. The van der Waals surface area contributed by atoms with Gasteiger partial charge in [-0.3, -0.25) is 9.78 Å². The summed E-state index contributed by atoms with van der Waals surface area (Å²) in [5.41, 5.74) is 3.79. The molecule has 0 atom stereocenters. The van der Waals surface area contributed by atoms with Crippen molar-refractivity contribution in [1.29, 1.82) is 0 Å². The number of aryl methyl sites for hydroxylation is 1. The van der Waals surface area contributed by atoms with Crippen LogP contribution in [0, 0.1) is 0 Å². The number of rotatable bonds is 1. The first-order valence-corrected chi connectivity index (χ1v) is 6.23. The fourth-order valence-electron chi connectivity index (χ4n) is 2.46. The van der Waals surface area contributed by atoms with E-state index in [0.29, 0.717) is 5.56 Å². The van der Waals surface area contributed by atoms with E-state index in [9.17, 15) is 4.79 Å². The van der Waals surface area contributed by atoms with E-state index in [1.165, 1.54) is 18.4 Å². The number of hydrogen-bond donors (Lipinski definition) is 0. The number of aromatic nitrogens is 1. The second-order valence-corrected chi connectivity index (χ2v) is 4.83. The van der Waals surface area contributed by atoms with Crippen LogP contribution in [0.2, 0.25) is 5.02 Å². The Hall–Kier alpha value is -1.41. The van der Waals surface area contributed by atoms with E-state index in [1.54, 1.807) is 6.07 Å². The summed E-state index contributed by atoms with van der Waals surface area (Å²) in [7, 11) is 0. The molecule has 2 aromatic rings. The van der Waals surface area contributed by atoms with Crippen molar-refractivity contribution in [2.75, 3.05) is 0 Å². The highest BCUT2D eigenvalue weighted by Gasteiger charge is 2.16. The molecule has 0 aliphatic heterocycles. The van der Waals surface area contributed by atoms with Gasteiger partial charge in [0.05, 0.1) is 10.5 Å². The average molecular weight is 246 g/mol. The molecular weight excluding hydrogens is 234 g/mol. The van der Waals surface area contributed by atoms with Crippen molar-refractivity contribution < 1.29 is 4.79 Å². The van der Waals surface area contributed by atoms with Gasteiger partial charge in [0.1, 0.15) is 6.29 Å². The molecule has 0 radical (unpaired) electrons. The van der Waals surface area contributed by atoms with Gasteiger partial charge in [-0.1, -0.05) is 23.7 Å². The van der Waals surface area contributed by atoms with E-state index in [2.05, 4.69) is 4.98 Å². The van der Waals surface area contributed by atoms with Gasteiger partial charge >= 0.3 is 0 Å². The zero-order valence-corrected chi connectivity index (χ0v) is 10.1. The predicted molar refractivity (Wildman–Crippen MR) is 68.8 cm³/mol. The first-order chi connectivity index (χ1) is 8.29. The van der Waals surface area contributed by atoms with Crippen LogP contribution in [0.15, 0.2) is 18.2 Å². The summed E-state index contributed by atoms with van der Waals surface area (Å²) in [4.78, 5) is 15.4. The summed E-state index contributed by atoms with van der Waals surface area (Å²) in [5, 5.41) is 1.78. The molecule has 0 bridgehead atoms. The van der Waals surface area contributed by atoms with Crippen LogP contribution >= 0.6 is 11.6 Å². The van der Waals surface area contributed by atoms with Crippen molar-refractivity contribution in [2.24, 2.45) is 0 Å². The Morgan fingerprint density at radius 2 is 2.06 bits per heavy atom. The number of benzene rings is 1. The minimum atomic E-state index is 0.650. The van der Waals surface area contributed by atoms with Gasteiger partial charge in [-0.25, -0.2) is 0 Å². The molecule has 3 heteroatoms. The molecule has 0 spiro atoms. The highest BCUT2D eigenvalue weighted by molar-refractivity contribution is 6.36. The number of halogens is 1. The monoisotopic (exact) mass is 245 g/mol. The minimum Gasteiger partial charge on any atom is -0.298 e. The maximum absolute atomic E-state index is 10.8. The Kier molecular flexibility index (Phi) is 2.60. The third kappa shape index (κ3) is 1.73. The number of hydrogen-bond acceptors (Lipinski definition) is 2. The Labute approximate surface area is 105 Å². The van der Waals surface area contributed by atoms with Gasteiger partial charge in [0.25, 0.3) is 0 Å². The van der Waals surface area contributed by atoms with Gasteiger partial charge in [0.2, 0.25) is 0 Å². The molecule has 0 saturated heterocycles. The Morgan fingerprint density at radius 1 is 1.24 bits per heavy atom. The molecule has 1 aliphatic carbocycles. The number of aldehydes is 1. The third-order valence-corrected chi connectivity index (χ3v) is 3.79. The van der Waals surface area contributed by atoms with E-state index in [0.717, 1.165) is 40.7 Å². The van der Waals surface area contributed by atoms with E-state index in [1.807, 2.05) is 12.1 Å². The van der Waals surface area contributed by atoms with Crippen molar-refractivity contribution in [2.45, 2.75) is 25.7 Å². The average Bonchev–Trinajstić information content (AvgIpc) is 2.38. The summed E-state index contributed by atoms with van der Waals surface area (Å²) < 4.78 is 0. The molecular formula is C14H12ClNO. The van der Waals surface area contributed by atoms with Crippen LogP contribution in [0.25, 0.3) is 10.9 Å². The van der Waals surface area contributed by atoms with Crippen molar-refractivity contribution >= 4 is 28.8 Å². The van der Waals surface area contributed by atoms with Gasteiger partial charge in [-0.15, -0.1) is 0 Å². The zero-order chi connectivity index (χ0) is 11.8. The minimum absolute atomic E-state index is 0.650. The molecule has 86 valence electrons. The first kappa shape index (κ1) is 10.7. The molecule has 0 fully saturated rings. The van der Waals surface area contributed by atoms with Gasteiger partial charge in [-0.2, -0.15) is 0 Å². The van der Waals surface area contributed by atoms with Crippen LogP contribution in [0.5, 0.6) is 0 Å². The van der Waals surface area contributed by atoms with Gasteiger partial charge < -0.3 is 0 Å². The molecule has 3 rings (SSSR count). The first-order valence-electron chi connectivity index (χ1n) is 5.86. The van der Waals surface area contributed by atoms with Crippen LogP contribution in [-0.4, -0.2) is 11.3 Å². The summed E-state index contributed by atoms with van der Waals surface area (Å²) in [6.45, 7) is 0. The molecule has 1 heterocycles. The maximum atomic E-state index is 10.8. The van der Waals surface area contributed by atoms with Gasteiger partial charge in [-0.05, 0) is 37.3 Å². The molecule has 17 heavy (non-hydrogen) atoms. The highest BCUT2D eigenvalue weighted by atomic mass is 35.5.